The van der Waals surface area contributed by atoms with Gasteiger partial charge in [-0.1, -0.05) is 18.2 Å². The monoisotopic (exact) mass is 382 g/mol. The molecule has 3 N–H and O–H groups in total. The third kappa shape index (κ3) is 4.24. The van der Waals surface area contributed by atoms with Crippen molar-refractivity contribution in [2.24, 2.45) is 0 Å². The number of hydrogen-bond acceptors (Lipinski definition) is 4. The van der Waals surface area contributed by atoms with Gasteiger partial charge in [0.05, 0.1) is 17.3 Å². The van der Waals surface area contributed by atoms with Crippen LogP contribution in [0.2, 0.25) is 0 Å². The minimum absolute atomic E-state index is 0.195. The summed E-state index contributed by atoms with van der Waals surface area (Å²) in [5.41, 5.74) is 3.07. The largest absolute Gasteiger partial charge is 0.444 e. The minimum atomic E-state index is -0.774. The molecule has 1 atom stereocenters. The van der Waals surface area contributed by atoms with Gasteiger partial charge in [0.1, 0.15) is 5.60 Å². The molecule has 0 aliphatic carbocycles. The number of ketones is 1. The highest BCUT2D eigenvalue weighted by atomic mass is 16.6. The van der Waals surface area contributed by atoms with Crippen LogP contribution in [0.4, 0.5) is 4.79 Å². The lowest BCUT2D eigenvalue weighted by Gasteiger charge is -2.23. The van der Waals surface area contributed by atoms with Gasteiger partial charge in [0.15, 0.2) is 5.78 Å². The molecule has 0 bridgehead atoms. The van der Waals surface area contributed by atoms with Gasteiger partial charge in [0, 0.05) is 29.2 Å². The van der Waals surface area contributed by atoms with E-state index in [0.29, 0.717) is 23.4 Å². The van der Waals surface area contributed by atoms with Gasteiger partial charge in [-0.2, -0.15) is 5.10 Å². The van der Waals surface area contributed by atoms with Crippen LogP contribution in [0.5, 0.6) is 0 Å². The number of benzene rings is 1. The number of rotatable bonds is 5. The Morgan fingerprint density at radius 1 is 1.21 bits per heavy atom. The van der Waals surface area contributed by atoms with Crippen LogP contribution in [-0.4, -0.2) is 38.7 Å². The van der Waals surface area contributed by atoms with Crippen molar-refractivity contribution in [3.8, 4) is 0 Å². The zero-order valence-electron chi connectivity index (χ0n) is 16.8. The molecular formula is C21H26N4O3. The third-order valence-corrected chi connectivity index (χ3v) is 4.48. The minimum Gasteiger partial charge on any atom is -0.444 e. The van der Waals surface area contributed by atoms with E-state index in [-0.39, 0.29) is 5.78 Å². The van der Waals surface area contributed by atoms with Crippen molar-refractivity contribution in [2.75, 3.05) is 0 Å². The first-order valence-corrected chi connectivity index (χ1v) is 9.26. The second-order valence-corrected chi connectivity index (χ2v) is 7.94. The Balaban J connectivity index is 1.92. The molecule has 0 unspecified atom stereocenters. The van der Waals surface area contributed by atoms with Crippen molar-refractivity contribution in [1.82, 2.24) is 20.5 Å². The Hall–Kier alpha value is -3.09. The number of ether oxygens (including phenoxy) is 1. The van der Waals surface area contributed by atoms with E-state index in [1.165, 1.54) is 0 Å². The van der Waals surface area contributed by atoms with Gasteiger partial charge in [-0.3, -0.25) is 9.89 Å². The first-order chi connectivity index (χ1) is 13.2. The van der Waals surface area contributed by atoms with Gasteiger partial charge in [-0.05, 0) is 46.2 Å². The Morgan fingerprint density at radius 3 is 2.57 bits per heavy atom. The van der Waals surface area contributed by atoms with Crippen molar-refractivity contribution < 1.29 is 14.3 Å². The lowest BCUT2D eigenvalue weighted by molar-refractivity contribution is 0.0491. The van der Waals surface area contributed by atoms with E-state index in [2.05, 4.69) is 20.5 Å². The van der Waals surface area contributed by atoms with Gasteiger partial charge < -0.3 is 15.0 Å². The smallest absolute Gasteiger partial charge is 0.408 e. The van der Waals surface area contributed by atoms with Gasteiger partial charge >= 0.3 is 6.09 Å². The van der Waals surface area contributed by atoms with Gasteiger partial charge in [-0.25, -0.2) is 4.79 Å². The topological polar surface area (TPSA) is 99.9 Å². The number of aryl methyl sites for hydroxylation is 2. The van der Waals surface area contributed by atoms with Gasteiger partial charge in [0.25, 0.3) is 0 Å². The normalized spacial score (nSPS) is 12.8. The van der Waals surface area contributed by atoms with E-state index in [0.717, 1.165) is 16.5 Å². The van der Waals surface area contributed by atoms with E-state index >= 15 is 0 Å². The number of H-pyrrole nitrogens is 2. The summed E-state index contributed by atoms with van der Waals surface area (Å²) in [5, 5.41) is 10.7. The number of nitrogens with zero attached hydrogens (tertiary/aromatic N) is 1. The van der Waals surface area contributed by atoms with Crippen molar-refractivity contribution in [2.45, 2.75) is 52.7 Å². The van der Waals surface area contributed by atoms with E-state index in [9.17, 15) is 9.59 Å². The SMILES string of the molecule is Cc1n[nH]c(C)c1C(=O)[C@H](Cc1c[nH]c2ccccc12)NC(=O)OC(C)(C)C. The lowest BCUT2D eigenvalue weighted by atomic mass is 9.96. The highest BCUT2D eigenvalue weighted by Crippen LogP contribution is 2.21. The van der Waals surface area contributed by atoms with Crippen LogP contribution in [0.15, 0.2) is 30.5 Å². The molecule has 0 radical (unpaired) electrons. The molecule has 0 saturated carbocycles. The zero-order chi connectivity index (χ0) is 20.5. The van der Waals surface area contributed by atoms with Crippen LogP contribution >= 0.6 is 0 Å². The number of Topliss-reactive ketones (excluding diaryl/α,β-unsaturated/α-hetero) is 1. The number of hydrogen-bond donors (Lipinski definition) is 3. The van der Waals surface area contributed by atoms with E-state index in [4.69, 9.17) is 4.74 Å². The van der Waals surface area contributed by atoms with E-state index in [1.54, 1.807) is 34.6 Å². The summed E-state index contributed by atoms with van der Waals surface area (Å²) < 4.78 is 5.37. The van der Waals surface area contributed by atoms with Crippen molar-refractivity contribution in [1.29, 1.82) is 0 Å². The zero-order valence-corrected chi connectivity index (χ0v) is 16.8. The molecule has 1 amide bonds. The molecule has 2 aromatic heterocycles. The molecule has 148 valence electrons. The summed E-state index contributed by atoms with van der Waals surface area (Å²) >= 11 is 0. The number of aromatic nitrogens is 3. The molecule has 28 heavy (non-hydrogen) atoms. The second-order valence-electron chi connectivity index (χ2n) is 7.94. The van der Waals surface area contributed by atoms with Crippen molar-refractivity contribution in [3.63, 3.8) is 0 Å². The number of amides is 1. The van der Waals surface area contributed by atoms with Crippen LogP contribution < -0.4 is 5.32 Å². The predicted octanol–water partition coefficient (Wildman–Crippen LogP) is 3.83. The summed E-state index contributed by atoms with van der Waals surface area (Å²) in [5.74, 6) is -0.195. The standard InChI is InChI=1S/C21H26N4O3/c1-12-18(13(2)25-24-12)19(26)17(23-20(27)28-21(3,4)5)10-14-11-22-16-9-7-6-8-15(14)16/h6-9,11,17,22H,10H2,1-5H3,(H,23,27)(H,24,25)/t17-/m0/s1. The molecule has 2 heterocycles. The number of aromatic amines is 2. The number of para-hydroxylation sites is 1. The summed E-state index contributed by atoms with van der Waals surface area (Å²) in [7, 11) is 0. The average Bonchev–Trinajstić information content (AvgIpc) is 3.15. The molecule has 7 heteroatoms. The maximum Gasteiger partial charge on any atom is 0.408 e. The van der Waals surface area contributed by atoms with E-state index in [1.807, 2.05) is 30.5 Å². The molecular weight excluding hydrogens is 356 g/mol. The first-order valence-electron chi connectivity index (χ1n) is 9.26. The molecule has 3 rings (SSSR count). The molecule has 0 fully saturated rings. The van der Waals surface area contributed by atoms with Crippen LogP contribution in [0.3, 0.4) is 0 Å². The highest BCUT2D eigenvalue weighted by Gasteiger charge is 2.29. The molecule has 3 aromatic rings. The Morgan fingerprint density at radius 2 is 1.93 bits per heavy atom. The Bertz CT molecular complexity index is 991. The number of fused-ring (bicyclic) bond motifs is 1. The van der Waals surface area contributed by atoms with Crippen LogP contribution in [0.25, 0.3) is 10.9 Å². The van der Waals surface area contributed by atoms with Gasteiger partial charge in [-0.15, -0.1) is 0 Å². The van der Waals surface area contributed by atoms with Gasteiger partial charge in [0.2, 0.25) is 0 Å². The summed E-state index contributed by atoms with van der Waals surface area (Å²) in [6.07, 6.45) is 1.59. The highest BCUT2D eigenvalue weighted by molar-refractivity contribution is 6.03. The Kier molecular flexibility index (Phi) is 5.27. The number of alkyl carbamates (subject to hydrolysis) is 1. The van der Waals surface area contributed by atoms with Crippen molar-refractivity contribution >= 4 is 22.8 Å². The Labute approximate surface area is 163 Å². The molecule has 1 aromatic carbocycles. The van der Waals surface area contributed by atoms with Crippen LogP contribution in [0, 0.1) is 13.8 Å². The van der Waals surface area contributed by atoms with Crippen molar-refractivity contribution in [3.05, 3.63) is 53.0 Å². The number of carbonyl (C=O) groups is 2. The molecule has 0 saturated heterocycles. The summed E-state index contributed by atoms with van der Waals surface area (Å²) in [6.45, 7) is 8.92. The molecule has 0 spiro atoms. The van der Waals surface area contributed by atoms with Crippen LogP contribution in [-0.2, 0) is 11.2 Å². The quantitative estimate of drug-likeness (QED) is 0.584. The number of nitrogens with one attached hydrogen (secondary N) is 3. The fourth-order valence-electron chi connectivity index (χ4n) is 3.27. The second kappa shape index (κ2) is 7.50. The summed E-state index contributed by atoms with van der Waals surface area (Å²) in [6, 6.07) is 7.08. The molecule has 0 aliphatic heterocycles. The first kappa shape index (κ1) is 19.7. The third-order valence-electron chi connectivity index (χ3n) is 4.48. The van der Waals surface area contributed by atoms with E-state index < -0.39 is 17.7 Å². The predicted molar refractivity (Wildman–Crippen MR) is 108 cm³/mol. The summed E-state index contributed by atoms with van der Waals surface area (Å²) in [4.78, 5) is 28.9. The fourth-order valence-corrected chi connectivity index (χ4v) is 3.27. The maximum atomic E-state index is 13.3. The molecule has 7 nitrogen and oxygen atoms in total. The molecule has 0 aliphatic rings. The maximum absolute atomic E-state index is 13.3. The fraction of sp³-hybridized carbons (Fsp3) is 0.381. The van der Waals surface area contributed by atoms with Crippen LogP contribution in [0.1, 0.15) is 48.1 Å². The number of carbonyl (C=O) groups excluding carboxylic acids is 2. The lowest BCUT2D eigenvalue weighted by Crippen LogP contribution is -2.45. The average molecular weight is 382 g/mol.